The highest BCUT2D eigenvalue weighted by atomic mass is 35.5. The lowest BCUT2D eigenvalue weighted by Crippen LogP contribution is -2.55. The second-order valence-corrected chi connectivity index (χ2v) is 9.98. The van der Waals surface area contributed by atoms with Crippen LogP contribution in [-0.4, -0.2) is 55.1 Å². The molecule has 0 saturated carbocycles. The van der Waals surface area contributed by atoms with Crippen LogP contribution in [0.1, 0.15) is 40.2 Å². The van der Waals surface area contributed by atoms with E-state index in [1.165, 1.54) is 0 Å². The van der Waals surface area contributed by atoms with Crippen molar-refractivity contribution in [3.8, 4) is 0 Å². The molecule has 2 aromatic rings. The van der Waals surface area contributed by atoms with E-state index < -0.39 is 0 Å². The van der Waals surface area contributed by atoms with Gasteiger partial charge in [-0.1, -0.05) is 41.4 Å². The van der Waals surface area contributed by atoms with E-state index in [2.05, 4.69) is 5.32 Å². The fourth-order valence-corrected chi connectivity index (χ4v) is 5.19. The number of carbonyl (C=O) groups excluding carboxylic acids is 2. The number of likely N-dealkylation sites (tertiary alicyclic amines) is 1. The maximum Gasteiger partial charge on any atom is 0.251 e. The first kappa shape index (κ1) is 25.3. The van der Waals surface area contributed by atoms with Crippen molar-refractivity contribution in [2.24, 2.45) is 11.7 Å². The van der Waals surface area contributed by atoms with Crippen LogP contribution in [0.4, 0.5) is 0 Å². The van der Waals surface area contributed by atoms with Crippen molar-refractivity contribution in [1.82, 2.24) is 10.2 Å². The van der Waals surface area contributed by atoms with Gasteiger partial charge in [-0.15, -0.1) is 11.6 Å². The number of nitrogens with zero attached hydrogens (tertiary/aromatic N) is 1. The fourth-order valence-electron chi connectivity index (χ4n) is 4.70. The van der Waals surface area contributed by atoms with Gasteiger partial charge in [0.05, 0.1) is 22.6 Å². The molecule has 2 saturated heterocycles. The lowest BCUT2D eigenvalue weighted by atomic mass is 9.84. The summed E-state index contributed by atoms with van der Waals surface area (Å²) in [5.41, 5.74) is 8.61. The summed E-state index contributed by atoms with van der Waals surface area (Å²) in [5.74, 6) is -0.126. The Balaban J connectivity index is 1.55. The zero-order valence-electron chi connectivity index (χ0n) is 18.7. The maximum atomic E-state index is 13.3. The van der Waals surface area contributed by atoms with Crippen molar-refractivity contribution >= 4 is 46.6 Å². The van der Waals surface area contributed by atoms with Crippen LogP contribution >= 0.6 is 34.8 Å². The molecule has 0 radical (unpaired) electrons. The SMILES string of the molecule is NC1COCCC1C(=O)N1CCC(NC(=O)c2ccc(CCl)cc2)C(c2ccc(Cl)c(Cl)c2)C1. The number of ether oxygens (including phenoxy) is 1. The third kappa shape index (κ3) is 5.69. The van der Waals surface area contributed by atoms with Crippen molar-refractivity contribution in [3.63, 3.8) is 0 Å². The van der Waals surface area contributed by atoms with Gasteiger partial charge in [0.2, 0.25) is 5.91 Å². The van der Waals surface area contributed by atoms with Crippen LogP contribution < -0.4 is 11.1 Å². The fraction of sp³-hybridized carbons (Fsp3) is 0.440. The van der Waals surface area contributed by atoms with Gasteiger partial charge in [-0.25, -0.2) is 0 Å². The predicted octanol–water partition coefficient (Wildman–Crippen LogP) is 4.21. The van der Waals surface area contributed by atoms with Crippen LogP contribution in [0, 0.1) is 5.92 Å². The van der Waals surface area contributed by atoms with E-state index in [9.17, 15) is 9.59 Å². The molecule has 4 atom stereocenters. The van der Waals surface area contributed by atoms with Crippen LogP contribution in [0.3, 0.4) is 0 Å². The second-order valence-electron chi connectivity index (χ2n) is 8.90. The Morgan fingerprint density at radius 3 is 2.53 bits per heavy atom. The van der Waals surface area contributed by atoms with E-state index in [0.717, 1.165) is 11.1 Å². The van der Waals surface area contributed by atoms with Crippen LogP contribution in [0.5, 0.6) is 0 Å². The molecule has 0 spiro atoms. The van der Waals surface area contributed by atoms with Crippen molar-refractivity contribution in [1.29, 1.82) is 0 Å². The number of rotatable bonds is 5. The molecule has 182 valence electrons. The third-order valence-corrected chi connectivity index (χ3v) is 7.75. The number of halogens is 3. The molecule has 4 unspecified atom stereocenters. The van der Waals surface area contributed by atoms with E-state index in [4.69, 9.17) is 45.3 Å². The molecule has 0 bridgehead atoms. The number of hydrogen-bond donors (Lipinski definition) is 2. The van der Waals surface area contributed by atoms with Crippen molar-refractivity contribution in [2.45, 2.75) is 36.7 Å². The Kier molecular flexibility index (Phi) is 8.38. The number of piperidine rings is 1. The second kappa shape index (κ2) is 11.3. The van der Waals surface area contributed by atoms with E-state index >= 15 is 0 Å². The van der Waals surface area contributed by atoms with E-state index in [1.54, 1.807) is 18.2 Å². The van der Waals surface area contributed by atoms with Crippen molar-refractivity contribution in [3.05, 3.63) is 69.2 Å². The molecule has 34 heavy (non-hydrogen) atoms. The summed E-state index contributed by atoms with van der Waals surface area (Å²) in [4.78, 5) is 28.2. The smallest absolute Gasteiger partial charge is 0.251 e. The van der Waals surface area contributed by atoms with Gasteiger partial charge in [-0.05, 0) is 48.2 Å². The first-order chi connectivity index (χ1) is 16.4. The van der Waals surface area contributed by atoms with Gasteiger partial charge >= 0.3 is 0 Å². The zero-order chi connectivity index (χ0) is 24.2. The molecule has 4 rings (SSSR count). The molecular formula is C25H28Cl3N3O3. The topological polar surface area (TPSA) is 84.7 Å². The normalized spacial score (nSPS) is 25.1. The van der Waals surface area contributed by atoms with E-state index in [-0.39, 0.29) is 35.7 Å². The maximum absolute atomic E-state index is 13.3. The molecule has 2 aliphatic rings. The van der Waals surface area contributed by atoms with Gasteiger partial charge in [0.25, 0.3) is 5.91 Å². The first-order valence-corrected chi connectivity index (χ1v) is 12.7. The van der Waals surface area contributed by atoms with Crippen LogP contribution in [0.15, 0.2) is 42.5 Å². The minimum atomic E-state index is -0.307. The number of benzene rings is 2. The Morgan fingerprint density at radius 1 is 1.09 bits per heavy atom. The van der Waals surface area contributed by atoms with Gasteiger partial charge in [0.15, 0.2) is 0 Å². The molecular weight excluding hydrogens is 497 g/mol. The van der Waals surface area contributed by atoms with Crippen LogP contribution in [-0.2, 0) is 15.4 Å². The Morgan fingerprint density at radius 2 is 1.85 bits per heavy atom. The Hall–Kier alpha value is -1.83. The van der Waals surface area contributed by atoms with Gasteiger partial charge < -0.3 is 20.7 Å². The predicted molar refractivity (Wildman–Crippen MR) is 135 cm³/mol. The summed E-state index contributed by atoms with van der Waals surface area (Å²) in [6.45, 7) is 1.92. The molecule has 2 amide bonds. The van der Waals surface area contributed by atoms with Gasteiger partial charge in [0.1, 0.15) is 0 Å². The monoisotopic (exact) mass is 523 g/mol. The Bertz CT molecular complexity index is 1030. The average Bonchev–Trinajstić information content (AvgIpc) is 2.86. The molecule has 0 aliphatic carbocycles. The zero-order valence-corrected chi connectivity index (χ0v) is 21.0. The summed E-state index contributed by atoms with van der Waals surface area (Å²) >= 11 is 18.3. The van der Waals surface area contributed by atoms with Gasteiger partial charge in [-0.3, -0.25) is 9.59 Å². The van der Waals surface area contributed by atoms with Crippen LogP contribution in [0.25, 0.3) is 0 Å². The average molecular weight is 525 g/mol. The highest BCUT2D eigenvalue weighted by Gasteiger charge is 2.38. The number of alkyl halides is 1. The minimum absolute atomic E-state index is 0.0438. The highest BCUT2D eigenvalue weighted by Crippen LogP contribution is 2.33. The van der Waals surface area contributed by atoms with Crippen molar-refractivity contribution in [2.75, 3.05) is 26.3 Å². The molecule has 2 heterocycles. The summed E-state index contributed by atoms with van der Waals surface area (Å²) in [6, 6.07) is 12.2. The van der Waals surface area contributed by atoms with E-state index in [1.807, 2.05) is 29.2 Å². The molecule has 3 N–H and O–H groups in total. The molecule has 2 fully saturated rings. The number of nitrogens with two attached hydrogens (primary N) is 1. The van der Waals surface area contributed by atoms with Gasteiger partial charge in [-0.2, -0.15) is 0 Å². The quantitative estimate of drug-likeness (QED) is 0.574. The lowest BCUT2D eigenvalue weighted by Gasteiger charge is -2.41. The molecule has 6 nitrogen and oxygen atoms in total. The summed E-state index contributed by atoms with van der Waals surface area (Å²) in [7, 11) is 0. The first-order valence-electron chi connectivity index (χ1n) is 11.4. The highest BCUT2D eigenvalue weighted by molar-refractivity contribution is 6.42. The summed E-state index contributed by atoms with van der Waals surface area (Å²) in [6.07, 6.45) is 1.23. The standard InChI is InChI=1S/C25H28Cl3N3O3/c26-12-15-1-3-16(4-2-15)24(32)30-23-7-9-31(25(33)18-8-10-34-14-22(18)29)13-19(23)17-5-6-20(27)21(28)11-17/h1-6,11,18-19,22-23H,7-10,12-14,29H2,(H,30,32). The summed E-state index contributed by atoms with van der Waals surface area (Å²) in [5, 5.41) is 4.07. The van der Waals surface area contributed by atoms with Crippen molar-refractivity contribution < 1.29 is 14.3 Å². The lowest BCUT2D eigenvalue weighted by molar-refractivity contribution is -0.141. The third-order valence-electron chi connectivity index (χ3n) is 6.70. The van der Waals surface area contributed by atoms with Crippen LogP contribution in [0.2, 0.25) is 10.0 Å². The molecule has 0 aromatic heterocycles. The molecule has 9 heteroatoms. The number of carbonyl (C=O) groups is 2. The number of nitrogens with one attached hydrogen (secondary N) is 1. The van der Waals surface area contributed by atoms with Gasteiger partial charge in [0, 0.05) is 49.1 Å². The number of amides is 2. The molecule has 2 aliphatic heterocycles. The number of hydrogen-bond acceptors (Lipinski definition) is 4. The Labute approximate surface area is 214 Å². The van der Waals surface area contributed by atoms with E-state index in [0.29, 0.717) is 60.6 Å². The summed E-state index contributed by atoms with van der Waals surface area (Å²) < 4.78 is 5.40. The molecule has 2 aromatic carbocycles. The minimum Gasteiger partial charge on any atom is -0.380 e. The largest absolute Gasteiger partial charge is 0.380 e.